The minimum absolute atomic E-state index is 0.173. The van der Waals surface area contributed by atoms with Crippen molar-refractivity contribution in [2.75, 3.05) is 6.26 Å². The second-order valence-electron chi connectivity index (χ2n) is 7.98. The van der Waals surface area contributed by atoms with E-state index in [-0.39, 0.29) is 16.3 Å². The van der Waals surface area contributed by atoms with Crippen LogP contribution in [0.3, 0.4) is 0 Å². The normalized spacial score (nSPS) is 12.1. The molecule has 4 rings (SSSR count). The van der Waals surface area contributed by atoms with Crippen molar-refractivity contribution in [2.45, 2.75) is 23.3 Å². The highest BCUT2D eigenvalue weighted by atomic mass is 79.9. The van der Waals surface area contributed by atoms with Crippen molar-refractivity contribution in [2.24, 2.45) is 0 Å². The molecule has 0 aliphatic heterocycles. The molecule has 0 unspecified atom stereocenters. The lowest BCUT2D eigenvalue weighted by Crippen LogP contribution is -2.25. The molecule has 1 aromatic heterocycles. The van der Waals surface area contributed by atoms with E-state index in [2.05, 4.69) is 25.8 Å². The van der Waals surface area contributed by atoms with E-state index in [1.807, 2.05) is 31.2 Å². The molecule has 0 fully saturated rings. The van der Waals surface area contributed by atoms with Crippen LogP contribution in [-0.4, -0.2) is 32.9 Å². The predicted octanol–water partition coefficient (Wildman–Crippen LogP) is 5.80. The van der Waals surface area contributed by atoms with Gasteiger partial charge in [-0.25, -0.2) is 26.2 Å². The van der Waals surface area contributed by atoms with Crippen LogP contribution in [0.2, 0.25) is 10.0 Å². The molecule has 0 saturated carbocycles. The van der Waals surface area contributed by atoms with Gasteiger partial charge in [-0.1, -0.05) is 63.4 Å². The predicted molar refractivity (Wildman–Crippen MR) is 145 cm³/mol. The largest absolute Gasteiger partial charge is 0.242 e. The SMILES string of the molecule is Cc1c(CNS(=O)(=O)c2ccccc2S(C)(=O)=O)nn(-c2ccc(Cl)cc2Cl)c1-c1ccc(Br)cc1. The highest BCUT2D eigenvalue weighted by Crippen LogP contribution is 2.33. The van der Waals surface area contributed by atoms with Crippen LogP contribution >= 0.6 is 39.1 Å². The van der Waals surface area contributed by atoms with Crippen LogP contribution in [0, 0.1) is 6.92 Å². The van der Waals surface area contributed by atoms with Crippen LogP contribution in [0.4, 0.5) is 0 Å². The standard InChI is InChI=1S/C24H20BrCl2N3O4S2/c1-15-20(14-28-36(33,34)23-6-4-3-5-22(23)35(2,31)32)29-30(21-12-11-18(26)13-19(21)27)24(15)16-7-9-17(25)10-8-16/h3-13,28H,14H2,1-2H3. The maximum Gasteiger partial charge on any atom is 0.242 e. The number of sulfonamides is 1. The number of sulfone groups is 1. The lowest BCUT2D eigenvalue weighted by molar-refractivity contribution is 0.573. The Morgan fingerprint density at radius 1 is 0.944 bits per heavy atom. The highest BCUT2D eigenvalue weighted by Gasteiger charge is 2.25. The third kappa shape index (κ3) is 5.53. The summed E-state index contributed by atoms with van der Waals surface area (Å²) in [6.45, 7) is 1.66. The molecule has 36 heavy (non-hydrogen) atoms. The number of benzene rings is 3. The summed E-state index contributed by atoms with van der Waals surface area (Å²) in [5.74, 6) is 0. The molecule has 1 heterocycles. The quantitative estimate of drug-likeness (QED) is 0.279. The Bertz CT molecular complexity index is 1670. The number of nitrogens with one attached hydrogen (secondary N) is 1. The minimum Gasteiger partial charge on any atom is -0.231 e. The second kappa shape index (κ2) is 10.3. The van der Waals surface area contributed by atoms with Gasteiger partial charge in [0.1, 0.15) is 4.90 Å². The first-order chi connectivity index (χ1) is 16.9. The van der Waals surface area contributed by atoms with E-state index < -0.39 is 19.9 Å². The molecule has 7 nitrogen and oxygen atoms in total. The van der Waals surface area contributed by atoms with E-state index in [4.69, 9.17) is 23.2 Å². The molecule has 0 aliphatic rings. The van der Waals surface area contributed by atoms with Gasteiger partial charge in [-0.2, -0.15) is 5.10 Å². The van der Waals surface area contributed by atoms with Crippen LogP contribution < -0.4 is 4.72 Å². The van der Waals surface area contributed by atoms with Crippen molar-refractivity contribution < 1.29 is 16.8 Å². The van der Waals surface area contributed by atoms with Crippen molar-refractivity contribution in [3.05, 3.63) is 92.5 Å². The van der Waals surface area contributed by atoms with Crippen LogP contribution in [0.1, 0.15) is 11.3 Å². The van der Waals surface area contributed by atoms with Crippen LogP contribution in [0.25, 0.3) is 16.9 Å². The zero-order chi connectivity index (χ0) is 26.3. The van der Waals surface area contributed by atoms with Crippen molar-refractivity contribution in [3.8, 4) is 16.9 Å². The van der Waals surface area contributed by atoms with Crippen LogP contribution in [0.15, 0.2) is 81.0 Å². The van der Waals surface area contributed by atoms with E-state index in [1.165, 1.54) is 24.3 Å². The number of hydrogen-bond acceptors (Lipinski definition) is 5. The van der Waals surface area contributed by atoms with E-state index in [0.717, 1.165) is 27.5 Å². The Kier molecular flexibility index (Phi) is 7.66. The summed E-state index contributed by atoms with van der Waals surface area (Å²) in [5, 5.41) is 5.51. The van der Waals surface area contributed by atoms with E-state index in [1.54, 1.807) is 22.9 Å². The monoisotopic (exact) mass is 627 g/mol. The zero-order valence-electron chi connectivity index (χ0n) is 19.0. The van der Waals surface area contributed by atoms with Gasteiger partial charge in [0.2, 0.25) is 10.0 Å². The average molecular weight is 629 g/mol. The summed E-state index contributed by atoms with van der Waals surface area (Å²) in [4.78, 5) is -0.596. The van der Waals surface area contributed by atoms with Crippen molar-refractivity contribution in [1.82, 2.24) is 14.5 Å². The van der Waals surface area contributed by atoms with Gasteiger partial charge >= 0.3 is 0 Å². The maximum atomic E-state index is 13.1. The first-order valence-corrected chi connectivity index (χ1v) is 15.4. The second-order valence-corrected chi connectivity index (χ2v) is 13.5. The van der Waals surface area contributed by atoms with Crippen LogP contribution in [0.5, 0.6) is 0 Å². The van der Waals surface area contributed by atoms with E-state index in [9.17, 15) is 16.8 Å². The van der Waals surface area contributed by atoms with Gasteiger partial charge in [0.05, 0.1) is 33.5 Å². The summed E-state index contributed by atoms with van der Waals surface area (Å²) >= 11 is 16.0. The Hall–Kier alpha value is -2.21. The molecule has 0 atom stereocenters. The summed E-state index contributed by atoms with van der Waals surface area (Å²) < 4.78 is 55.5. The number of hydrogen-bond donors (Lipinski definition) is 1. The first-order valence-electron chi connectivity index (χ1n) is 10.5. The molecule has 0 amide bonds. The molecule has 0 aliphatic carbocycles. The number of aromatic nitrogens is 2. The smallest absolute Gasteiger partial charge is 0.231 e. The summed E-state index contributed by atoms with van der Waals surface area (Å²) in [7, 11) is -7.93. The van der Waals surface area contributed by atoms with E-state index >= 15 is 0 Å². The maximum absolute atomic E-state index is 13.1. The van der Waals surface area contributed by atoms with Gasteiger partial charge in [-0.3, -0.25) is 0 Å². The Balaban J connectivity index is 1.79. The molecule has 0 radical (unpaired) electrons. The molecule has 3 aromatic carbocycles. The molecular formula is C24H20BrCl2N3O4S2. The third-order valence-corrected chi connectivity index (χ3v) is 9.25. The van der Waals surface area contributed by atoms with Gasteiger partial charge in [-0.05, 0) is 49.4 Å². The topological polar surface area (TPSA) is 98.1 Å². The molecule has 12 heteroatoms. The van der Waals surface area contributed by atoms with Gasteiger partial charge in [0.15, 0.2) is 9.84 Å². The number of nitrogens with zero attached hydrogens (tertiary/aromatic N) is 2. The van der Waals surface area contributed by atoms with Crippen molar-refractivity contribution in [1.29, 1.82) is 0 Å². The molecule has 188 valence electrons. The Morgan fingerprint density at radius 2 is 1.58 bits per heavy atom. The Labute approximate surface area is 228 Å². The molecule has 0 saturated heterocycles. The molecule has 4 aromatic rings. The fourth-order valence-electron chi connectivity index (χ4n) is 3.70. The molecule has 0 bridgehead atoms. The van der Waals surface area contributed by atoms with Crippen molar-refractivity contribution >= 4 is 59.0 Å². The van der Waals surface area contributed by atoms with Gasteiger partial charge in [-0.15, -0.1) is 0 Å². The van der Waals surface area contributed by atoms with Crippen molar-refractivity contribution in [3.63, 3.8) is 0 Å². The zero-order valence-corrected chi connectivity index (χ0v) is 23.8. The number of halogens is 3. The fraction of sp³-hybridized carbons (Fsp3) is 0.125. The molecule has 1 N–H and O–H groups in total. The fourth-order valence-corrected chi connectivity index (χ4v) is 7.07. The van der Waals surface area contributed by atoms with Gasteiger partial charge in [0.25, 0.3) is 0 Å². The van der Waals surface area contributed by atoms with Gasteiger partial charge in [0, 0.05) is 26.9 Å². The van der Waals surface area contributed by atoms with Gasteiger partial charge < -0.3 is 0 Å². The summed E-state index contributed by atoms with van der Waals surface area (Å²) in [6, 6.07) is 18.1. The lowest BCUT2D eigenvalue weighted by Gasteiger charge is -2.11. The summed E-state index contributed by atoms with van der Waals surface area (Å²) in [6.07, 6.45) is 0.966. The summed E-state index contributed by atoms with van der Waals surface area (Å²) in [5.41, 5.74) is 3.30. The third-order valence-electron chi connectivity index (χ3n) is 5.44. The van der Waals surface area contributed by atoms with Crippen LogP contribution in [-0.2, 0) is 26.4 Å². The highest BCUT2D eigenvalue weighted by molar-refractivity contribution is 9.10. The molecule has 0 spiro atoms. The Morgan fingerprint density at radius 3 is 2.19 bits per heavy atom. The van der Waals surface area contributed by atoms with E-state index in [0.29, 0.717) is 21.4 Å². The minimum atomic E-state index is -4.17. The lowest BCUT2D eigenvalue weighted by atomic mass is 10.1. The number of rotatable bonds is 7. The first kappa shape index (κ1) is 26.8. The average Bonchev–Trinajstić information content (AvgIpc) is 3.13. The molecular weight excluding hydrogens is 609 g/mol.